The van der Waals surface area contributed by atoms with Gasteiger partial charge in [0, 0.05) is 25.8 Å². The number of carbonyl (C=O) groups is 1. The second-order valence-electron chi connectivity index (χ2n) is 7.39. The van der Waals surface area contributed by atoms with Crippen molar-refractivity contribution in [3.63, 3.8) is 0 Å². The van der Waals surface area contributed by atoms with Crippen LogP contribution >= 0.6 is 0 Å². The van der Waals surface area contributed by atoms with E-state index in [0.29, 0.717) is 18.0 Å². The lowest BCUT2D eigenvalue weighted by molar-refractivity contribution is -0.119. The Morgan fingerprint density at radius 1 is 1.03 bits per heavy atom. The minimum absolute atomic E-state index is 0.0218. The second-order valence-corrected chi connectivity index (χ2v) is 9.30. The lowest BCUT2D eigenvalue weighted by atomic mass is 10.3. The third kappa shape index (κ3) is 7.59. The molecule has 0 aromatic heterocycles. The number of benzene rings is 2. The van der Waals surface area contributed by atoms with E-state index in [0.717, 1.165) is 29.2 Å². The number of rotatable bonds is 11. The van der Waals surface area contributed by atoms with Gasteiger partial charge in [-0.1, -0.05) is 18.2 Å². The fraction of sp³-hybridized carbons (Fsp3) is 0.409. The number of nitrogens with one attached hydrogen (secondary N) is 1. The summed E-state index contributed by atoms with van der Waals surface area (Å²) in [5.74, 6) is 0.305. The Morgan fingerprint density at radius 3 is 2.23 bits per heavy atom. The van der Waals surface area contributed by atoms with E-state index < -0.39 is 10.0 Å². The summed E-state index contributed by atoms with van der Waals surface area (Å²) in [5.41, 5.74) is 1.53. The highest BCUT2D eigenvalue weighted by atomic mass is 32.2. The summed E-state index contributed by atoms with van der Waals surface area (Å²) in [6.45, 7) is 4.81. The topological polar surface area (TPSA) is 79.0 Å². The van der Waals surface area contributed by atoms with E-state index in [2.05, 4.69) is 10.2 Å². The molecule has 0 bridgehead atoms. The average Bonchev–Trinajstić information content (AvgIpc) is 2.69. The van der Waals surface area contributed by atoms with Gasteiger partial charge in [0.25, 0.3) is 0 Å². The smallest absolute Gasteiger partial charge is 0.240 e. The van der Waals surface area contributed by atoms with Crippen LogP contribution in [0.1, 0.15) is 20.3 Å². The Balaban J connectivity index is 1.88. The number of hydrogen-bond acceptors (Lipinski definition) is 5. The molecule has 0 fully saturated rings. The number of hydrogen-bond donors (Lipinski definition) is 1. The zero-order valence-electron chi connectivity index (χ0n) is 18.0. The fourth-order valence-electron chi connectivity index (χ4n) is 2.91. The Morgan fingerprint density at radius 2 is 1.67 bits per heavy atom. The van der Waals surface area contributed by atoms with Crippen LogP contribution in [0.15, 0.2) is 54.6 Å². The molecule has 0 aliphatic rings. The van der Waals surface area contributed by atoms with Gasteiger partial charge in [0.2, 0.25) is 15.9 Å². The Labute approximate surface area is 179 Å². The second kappa shape index (κ2) is 10.9. The molecule has 8 heteroatoms. The molecule has 1 N–H and O–H groups in total. The van der Waals surface area contributed by atoms with Crippen LogP contribution in [0.3, 0.4) is 0 Å². The first kappa shape index (κ1) is 23.5. The average molecular weight is 434 g/mol. The summed E-state index contributed by atoms with van der Waals surface area (Å²) in [6.07, 6.45) is 1.86. The summed E-state index contributed by atoms with van der Waals surface area (Å²) in [5, 5.41) is 2.80. The van der Waals surface area contributed by atoms with Crippen LogP contribution < -0.4 is 19.3 Å². The summed E-state index contributed by atoms with van der Waals surface area (Å²) in [6, 6.07) is 16.7. The first-order valence-electron chi connectivity index (χ1n) is 9.94. The molecule has 164 valence electrons. The van der Waals surface area contributed by atoms with Crippen molar-refractivity contribution >= 4 is 27.3 Å². The molecule has 0 aliphatic heterocycles. The Bertz CT molecular complexity index is 900. The van der Waals surface area contributed by atoms with E-state index in [1.165, 1.54) is 0 Å². The lowest BCUT2D eigenvalue weighted by Gasteiger charge is -2.23. The quantitative estimate of drug-likeness (QED) is 0.551. The molecule has 0 radical (unpaired) electrons. The number of para-hydroxylation sites is 1. The first-order chi connectivity index (χ1) is 14.2. The monoisotopic (exact) mass is 433 g/mol. The summed E-state index contributed by atoms with van der Waals surface area (Å²) < 4.78 is 31.1. The maximum absolute atomic E-state index is 12.3. The van der Waals surface area contributed by atoms with Gasteiger partial charge < -0.3 is 15.0 Å². The van der Waals surface area contributed by atoms with Crippen LogP contribution in [0.5, 0.6) is 5.75 Å². The molecule has 2 aromatic carbocycles. The third-order valence-corrected chi connectivity index (χ3v) is 5.51. The van der Waals surface area contributed by atoms with Gasteiger partial charge in [-0.05, 0) is 56.7 Å². The summed E-state index contributed by atoms with van der Waals surface area (Å²) >= 11 is 0. The van der Waals surface area contributed by atoms with Crippen LogP contribution in [-0.2, 0) is 14.8 Å². The molecular formula is C22H31N3O4S. The molecule has 0 spiro atoms. The molecule has 0 unspecified atom stereocenters. The zero-order valence-corrected chi connectivity index (χ0v) is 18.9. The largest absolute Gasteiger partial charge is 0.491 e. The van der Waals surface area contributed by atoms with Crippen LogP contribution in [0.4, 0.5) is 11.4 Å². The molecule has 2 rings (SSSR count). The lowest BCUT2D eigenvalue weighted by Crippen LogP contribution is -2.41. The number of nitrogens with zero attached hydrogens (tertiary/aromatic N) is 2. The van der Waals surface area contributed by atoms with Crippen LogP contribution in [-0.4, -0.2) is 53.4 Å². The predicted molar refractivity (Wildman–Crippen MR) is 122 cm³/mol. The van der Waals surface area contributed by atoms with E-state index in [9.17, 15) is 13.2 Å². The molecule has 1 amide bonds. The predicted octanol–water partition coefficient (Wildman–Crippen LogP) is 2.88. The van der Waals surface area contributed by atoms with E-state index in [1.807, 2.05) is 51.2 Å². The van der Waals surface area contributed by atoms with Gasteiger partial charge in [-0.2, -0.15) is 0 Å². The van der Waals surface area contributed by atoms with Gasteiger partial charge in [-0.15, -0.1) is 0 Å². The third-order valence-electron chi connectivity index (χ3n) is 4.37. The SMILES string of the molecule is CC(C)Oc1ccc(N(CC(=O)NCCCN(C)c2ccccc2)S(C)(=O)=O)cc1. The minimum atomic E-state index is -3.61. The van der Waals surface area contributed by atoms with Crippen molar-refractivity contribution in [1.82, 2.24) is 5.32 Å². The fourth-order valence-corrected chi connectivity index (χ4v) is 3.76. The number of amides is 1. The van der Waals surface area contributed by atoms with Gasteiger partial charge in [0.15, 0.2) is 0 Å². The van der Waals surface area contributed by atoms with Crippen LogP contribution in [0, 0.1) is 0 Å². The maximum Gasteiger partial charge on any atom is 0.240 e. The highest BCUT2D eigenvalue weighted by Gasteiger charge is 2.20. The molecule has 0 saturated carbocycles. The number of ether oxygens (including phenoxy) is 1. The zero-order chi connectivity index (χ0) is 22.1. The van der Waals surface area contributed by atoms with Gasteiger partial charge in [0.1, 0.15) is 12.3 Å². The van der Waals surface area contributed by atoms with Crippen molar-refractivity contribution in [3.8, 4) is 5.75 Å². The Hall–Kier alpha value is -2.74. The van der Waals surface area contributed by atoms with Gasteiger partial charge in [-0.25, -0.2) is 8.42 Å². The number of sulfonamides is 1. The molecule has 30 heavy (non-hydrogen) atoms. The maximum atomic E-state index is 12.3. The first-order valence-corrected chi connectivity index (χ1v) is 11.8. The van der Waals surface area contributed by atoms with E-state index in [4.69, 9.17) is 4.74 Å². The molecule has 2 aromatic rings. The van der Waals surface area contributed by atoms with Crippen LogP contribution in [0.25, 0.3) is 0 Å². The minimum Gasteiger partial charge on any atom is -0.491 e. The van der Waals surface area contributed by atoms with Crippen molar-refractivity contribution in [2.24, 2.45) is 0 Å². The molecule has 0 atom stereocenters. The van der Waals surface area contributed by atoms with Crippen molar-refractivity contribution in [3.05, 3.63) is 54.6 Å². The molecule has 7 nitrogen and oxygen atoms in total. The van der Waals surface area contributed by atoms with E-state index in [1.54, 1.807) is 24.3 Å². The van der Waals surface area contributed by atoms with Gasteiger partial charge >= 0.3 is 0 Å². The van der Waals surface area contributed by atoms with Crippen molar-refractivity contribution < 1.29 is 17.9 Å². The van der Waals surface area contributed by atoms with E-state index >= 15 is 0 Å². The van der Waals surface area contributed by atoms with Crippen LogP contribution in [0.2, 0.25) is 0 Å². The van der Waals surface area contributed by atoms with Gasteiger partial charge in [0.05, 0.1) is 18.0 Å². The van der Waals surface area contributed by atoms with Crippen molar-refractivity contribution in [2.75, 3.05) is 42.1 Å². The standard InChI is InChI=1S/C22H31N3O4S/c1-18(2)29-21-13-11-20(12-14-21)25(30(4,27)28)17-22(26)23-15-8-16-24(3)19-9-6-5-7-10-19/h5-7,9-14,18H,8,15-17H2,1-4H3,(H,23,26). The molecule has 0 saturated heterocycles. The number of anilines is 2. The highest BCUT2D eigenvalue weighted by Crippen LogP contribution is 2.22. The van der Waals surface area contributed by atoms with Crippen molar-refractivity contribution in [1.29, 1.82) is 0 Å². The van der Waals surface area contributed by atoms with Crippen molar-refractivity contribution in [2.45, 2.75) is 26.4 Å². The molecule has 0 heterocycles. The summed E-state index contributed by atoms with van der Waals surface area (Å²) in [7, 11) is -1.61. The normalized spacial score (nSPS) is 11.2. The molecular weight excluding hydrogens is 402 g/mol. The summed E-state index contributed by atoms with van der Waals surface area (Å²) in [4.78, 5) is 14.5. The number of carbonyl (C=O) groups excluding carboxylic acids is 1. The van der Waals surface area contributed by atoms with E-state index in [-0.39, 0.29) is 18.6 Å². The molecule has 0 aliphatic carbocycles. The highest BCUT2D eigenvalue weighted by molar-refractivity contribution is 7.92. The Kier molecular flexibility index (Phi) is 8.53. The van der Waals surface area contributed by atoms with Gasteiger partial charge in [-0.3, -0.25) is 9.10 Å².